The first-order valence-electron chi connectivity index (χ1n) is 6.83. The zero-order chi connectivity index (χ0) is 16.8. The third kappa shape index (κ3) is 4.75. The van der Waals surface area contributed by atoms with Gasteiger partial charge in [-0.1, -0.05) is 12.1 Å². The monoisotopic (exact) mass is 318 g/mol. The number of hydrogen-bond donors (Lipinski definition) is 0. The lowest BCUT2D eigenvalue weighted by Gasteiger charge is -2.16. The van der Waals surface area contributed by atoms with E-state index in [1.165, 1.54) is 19.1 Å². The van der Waals surface area contributed by atoms with Crippen LogP contribution in [0.25, 0.3) is 0 Å². The first-order valence-corrected chi connectivity index (χ1v) is 6.83. The van der Waals surface area contributed by atoms with Crippen LogP contribution in [-0.4, -0.2) is 25.2 Å². The molecule has 122 valence electrons. The molecule has 0 aromatic heterocycles. The summed E-state index contributed by atoms with van der Waals surface area (Å²) in [5.41, 5.74) is -1.74. The quantitative estimate of drug-likeness (QED) is 0.755. The molecule has 0 unspecified atom stereocenters. The van der Waals surface area contributed by atoms with Crippen LogP contribution < -0.4 is 0 Å². The molecule has 0 radical (unpaired) electrons. The molecule has 0 heterocycles. The second-order valence-electron chi connectivity index (χ2n) is 4.36. The number of benzene rings is 1. The lowest BCUT2D eigenvalue weighted by molar-refractivity contribution is -0.144. The van der Waals surface area contributed by atoms with E-state index in [1.807, 2.05) is 0 Å². The minimum absolute atomic E-state index is 0.0246. The fourth-order valence-electron chi connectivity index (χ4n) is 1.99. The van der Waals surface area contributed by atoms with Gasteiger partial charge in [0.2, 0.25) is 0 Å². The van der Waals surface area contributed by atoms with Gasteiger partial charge in [0.05, 0.1) is 24.3 Å². The Labute approximate surface area is 126 Å². The molecule has 4 nitrogen and oxygen atoms in total. The van der Waals surface area contributed by atoms with E-state index in [4.69, 9.17) is 4.74 Å². The van der Waals surface area contributed by atoms with E-state index < -0.39 is 29.2 Å². The molecule has 1 aromatic rings. The van der Waals surface area contributed by atoms with Crippen LogP contribution in [0.3, 0.4) is 0 Å². The second kappa shape index (κ2) is 7.82. The van der Waals surface area contributed by atoms with Gasteiger partial charge in [0.15, 0.2) is 0 Å². The normalized spacial score (nSPS) is 11.1. The maximum Gasteiger partial charge on any atom is 0.417 e. The van der Waals surface area contributed by atoms with E-state index in [0.29, 0.717) is 0 Å². The molecule has 0 fully saturated rings. The number of esters is 2. The smallest absolute Gasteiger partial charge is 0.417 e. The lowest BCUT2D eigenvalue weighted by Crippen LogP contribution is -2.18. The number of halogens is 3. The summed E-state index contributed by atoms with van der Waals surface area (Å²) < 4.78 is 49.1. The zero-order valence-corrected chi connectivity index (χ0v) is 12.3. The van der Waals surface area contributed by atoms with Crippen LogP contribution in [0.2, 0.25) is 0 Å². The fraction of sp³-hybridized carbons (Fsp3) is 0.467. The van der Waals surface area contributed by atoms with E-state index in [-0.39, 0.29) is 31.6 Å². The van der Waals surface area contributed by atoms with E-state index >= 15 is 0 Å². The van der Waals surface area contributed by atoms with Crippen LogP contribution in [0.15, 0.2) is 18.2 Å². The minimum Gasteiger partial charge on any atom is -0.466 e. The largest absolute Gasteiger partial charge is 0.466 e. The molecule has 1 aromatic carbocycles. The number of carbonyl (C=O) groups is 2. The van der Waals surface area contributed by atoms with Crippen LogP contribution >= 0.6 is 0 Å². The van der Waals surface area contributed by atoms with Gasteiger partial charge in [-0.2, -0.15) is 13.2 Å². The Hall–Kier alpha value is -2.05. The van der Waals surface area contributed by atoms with Gasteiger partial charge in [0.1, 0.15) is 0 Å². The molecule has 1 rings (SSSR count). The zero-order valence-electron chi connectivity index (χ0n) is 12.3. The molecule has 0 spiro atoms. The summed E-state index contributed by atoms with van der Waals surface area (Å²) >= 11 is 0. The van der Waals surface area contributed by atoms with Crippen molar-refractivity contribution in [3.63, 3.8) is 0 Å². The molecule has 0 aliphatic carbocycles. The Morgan fingerprint density at radius 2 is 1.73 bits per heavy atom. The van der Waals surface area contributed by atoms with Gasteiger partial charge < -0.3 is 9.47 Å². The molecule has 0 saturated heterocycles. The highest BCUT2D eigenvalue weighted by atomic mass is 19.4. The Morgan fingerprint density at radius 3 is 2.27 bits per heavy atom. The number of hydrogen-bond acceptors (Lipinski definition) is 4. The molecule has 0 aliphatic heterocycles. The van der Waals surface area contributed by atoms with Gasteiger partial charge in [-0.25, -0.2) is 4.79 Å². The Kier molecular flexibility index (Phi) is 6.39. The van der Waals surface area contributed by atoms with Crippen LogP contribution in [0, 0.1) is 0 Å². The predicted molar refractivity (Wildman–Crippen MR) is 72.4 cm³/mol. The van der Waals surface area contributed by atoms with Crippen molar-refractivity contribution in [1.29, 1.82) is 0 Å². The topological polar surface area (TPSA) is 52.6 Å². The summed E-state index contributed by atoms with van der Waals surface area (Å²) in [4.78, 5) is 23.0. The van der Waals surface area contributed by atoms with Crippen molar-refractivity contribution >= 4 is 11.9 Å². The number of rotatable bonds is 6. The van der Waals surface area contributed by atoms with E-state index in [2.05, 4.69) is 4.74 Å². The maximum absolute atomic E-state index is 13.3. The SMILES string of the molecule is CCOC(=O)CCc1cccc(C(=O)OCC)c1C(F)(F)F. The van der Waals surface area contributed by atoms with Crippen molar-refractivity contribution in [2.24, 2.45) is 0 Å². The number of ether oxygens (including phenoxy) is 2. The first-order chi connectivity index (χ1) is 10.3. The molecule has 0 N–H and O–H groups in total. The van der Waals surface area contributed by atoms with Crippen LogP contribution in [0.1, 0.15) is 41.8 Å². The average molecular weight is 318 g/mol. The highest BCUT2D eigenvalue weighted by Crippen LogP contribution is 2.35. The van der Waals surface area contributed by atoms with Gasteiger partial charge >= 0.3 is 18.1 Å². The average Bonchev–Trinajstić information content (AvgIpc) is 2.44. The fourth-order valence-corrected chi connectivity index (χ4v) is 1.99. The Morgan fingerprint density at radius 1 is 1.09 bits per heavy atom. The van der Waals surface area contributed by atoms with Crippen molar-refractivity contribution in [3.05, 3.63) is 34.9 Å². The number of alkyl halides is 3. The van der Waals surface area contributed by atoms with Crippen LogP contribution in [0.5, 0.6) is 0 Å². The van der Waals surface area contributed by atoms with Crippen molar-refractivity contribution in [1.82, 2.24) is 0 Å². The maximum atomic E-state index is 13.3. The molecular formula is C15H17F3O4. The molecule has 22 heavy (non-hydrogen) atoms. The lowest BCUT2D eigenvalue weighted by atomic mass is 9.97. The third-order valence-corrected chi connectivity index (χ3v) is 2.83. The predicted octanol–water partition coefficient (Wildman–Crippen LogP) is 3.38. The van der Waals surface area contributed by atoms with Gasteiger partial charge in [-0.15, -0.1) is 0 Å². The van der Waals surface area contributed by atoms with Crippen LogP contribution in [-0.2, 0) is 26.9 Å². The summed E-state index contributed by atoms with van der Waals surface area (Å²) in [5.74, 6) is -1.62. The highest BCUT2D eigenvalue weighted by Gasteiger charge is 2.38. The summed E-state index contributed by atoms with van der Waals surface area (Å²) in [6.45, 7) is 3.26. The van der Waals surface area contributed by atoms with Crippen LogP contribution in [0.4, 0.5) is 13.2 Å². The standard InChI is InChI=1S/C15H17F3O4/c1-3-21-12(19)9-8-10-6-5-7-11(14(20)22-4-2)13(10)15(16,17)18/h5-7H,3-4,8-9H2,1-2H3. The van der Waals surface area contributed by atoms with Crippen molar-refractivity contribution in [3.8, 4) is 0 Å². The second-order valence-corrected chi connectivity index (χ2v) is 4.36. The molecular weight excluding hydrogens is 301 g/mol. The third-order valence-electron chi connectivity index (χ3n) is 2.83. The Bertz CT molecular complexity index is 538. The van der Waals surface area contributed by atoms with Gasteiger partial charge in [0, 0.05) is 6.42 Å². The number of aryl methyl sites for hydroxylation is 1. The van der Waals surface area contributed by atoms with E-state index in [0.717, 1.165) is 6.07 Å². The first kappa shape index (κ1) is 18.0. The van der Waals surface area contributed by atoms with E-state index in [9.17, 15) is 22.8 Å². The summed E-state index contributed by atoms with van der Waals surface area (Å²) in [6, 6.07) is 3.64. The number of carbonyl (C=O) groups excluding carboxylic acids is 2. The molecule has 7 heteroatoms. The minimum atomic E-state index is -4.71. The van der Waals surface area contributed by atoms with Gasteiger partial charge in [-0.3, -0.25) is 4.79 Å². The molecule has 0 aliphatic rings. The Balaban J connectivity index is 3.14. The molecule has 0 bridgehead atoms. The summed E-state index contributed by atoms with van der Waals surface area (Å²) in [7, 11) is 0. The van der Waals surface area contributed by atoms with E-state index in [1.54, 1.807) is 6.92 Å². The summed E-state index contributed by atoms with van der Waals surface area (Å²) in [5, 5.41) is 0. The molecule has 0 saturated carbocycles. The summed E-state index contributed by atoms with van der Waals surface area (Å²) in [6.07, 6.45) is -5.07. The molecule has 0 amide bonds. The van der Waals surface area contributed by atoms with Gasteiger partial charge in [-0.05, 0) is 31.9 Å². The molecule has 0 atom stereocenters. The van der Waals surface area contributed by atoms with Crippen molar-refractivity contribution in [2.75, 3.05) is 13.2 Å². The highest BCUT2D eigenvalue weighted by molar-refractivity contribution is 5.91. The van der Waals surface area contributed by atoms with Gasteiger partial charge in [0.25, 0.3) is 0 Å². The van der Waals surface area contributed by atoms with Crippen molar-refractivity contribution in [2.45, 2.75) is 32.9 Å². The van der Waals surface area contributed by atoms with Crippen molar-refractivity contribution < 1.29 is 32.2 Å².